The quantitative estimate of drug-likeness (QED) is 0.633. The van der Waals surface area contributed by atoms with Gasteiger partial charge in [0.2, 0.25) is 0 Å². The van der Waals surface area contributed by atoms with Crippen LogP contribution in [-0.2, 0) is 9.53 Å². The molecule has 7 nitrogen and oxygen atoms in total. The predicted octanol–water partition coefficient (Wildman–Crippen LogP) is 4.09. The van der Waals surface area contributed by atoms with Crippen LogP contribution in [0.4, 0.5) is 5.69 Å². The third-order valence-corrected chi connectivity index (χ3v) is 4.62. The Morgan fingerprint density at radius 1 is 1.03 bits per heavy atom. The van der Waals surface area contributed by atoms with Crippen molar-refractivity contribution in [2.75, 3.05) is 12.4 Å². The van der Waals surface area contributed by atoms with Crippen molar-refractivity contribution in [3.05, 3.63) is 58.4 Å². The number of hydrogen-bond donors (Lipinski definition) is 1. The Morgan fingerprint density at radius 3 is 2.41 bits per heavy atom. The highest BCUT2D eigenvalue weighted by atomic mass is 35.5. The Labute approximate surface area is 173 Å². The monoisotopic (exact) mass is 413 g/mol. The van der Waals surface area contributed by atoms with E-state index in [0.29, 0.717) is 27.5 Å². The molecule has 8 heteroatoms. The number of esters is 1. The first-order chi connectivity index (χ1) is 13.8. The molecule has 0 bridgehead atoms. The molecule has 29 heavy (non-hydrogen) atoms. The number of ether oxygens (including phenoxy) is 2. The first kappa shape index (κ1) is 20.5. The topological polar surface area (TPSA) is 90.4 Å². The number of benzene rings is 2. The van der Waals surface area contributed by atoms with Crippen LogP contribution in [0.5, 0.6) is 5.75 Å². The van der Waals surface area contributed by atoms with Gasteiger partial charge in [0.25, 0.3) is 5.91 Å². The van der Waals surface area contributed by atoms with Crippen LogP contribution in [0.1, 0.15) is 28.7 Å². The third-order valence-electron chi connectivity index (χ3n) is 4.38. The number of hydrogen-bond acceptors (Lipinski definition) is 6. The van der Waals surface area contributed by atoms with Crippen molar-refractivity contribution in [1.29, 1.82) is 0 Å². The Morgan fingerprint density at radius 2 is 1.72 bits per heavy atom. The molecule has 0 aliphatic rings. The lowest BCUT2D eigenvalue weighted by Crippen LogP contribution is -2.30. The number of nitrogens with zero attached hydrogens (tertiary/aromatic N) is 2. The Kier molecular flexibility index (Phi) is 5.98. The van der Waals surface area contributed by atoms with E-state index >= 15 is 0 Å². The van der Waals surface area contributed by atoms with E-state index in [4.69, 9.17) is 21.1 Å². The zero-order valence-electron chi connectivity index (χ0n) is 16.4. The minimum Gasteiger partial charge on any atom is -0.495 e. The van der Waals surface area contributed by atoms with Crippen molar-refractivity contribution in [2.45, 2.75) is 26.9 Å². The van der Waals surface area contributed by atoms with Crippen LogP contribution in [0.25, 0.3) is 11.0 Å². The first-order valence-corrected chi connectivity index (χ1v) is 9.26. The Bertz CT molecular complexity index is 1100. The summed E-state index contributed by atoms with van der Waals surface area (Å²) in [5.74, 6) is -0.696. The van der Waals surface area contributed by atoms with Gasteiger partial charge in [-0.3, -0.25) is 4.79 Å². The summed E-state index contributed by atoms with van der Waals surface area (Å²) in [5, 5.41) is 3.09. The largest absolute Gasteiger partial charge is 0.495 e. The zero-order valence-corrected chi connectivity index (χ0v) is 17.2. The lowest BCUT2D eigenvalue weighted by atomic mass is 10.2. The van der Waals surface area contributed by atoms with Crippen LogP contribution in [0.15, 0.2) is 36.4 Å². The van der Waals surface area contributed by atoms with E-state index in [0.717, 1.165) is 11.4 Å². The molecule has 1 amide bonds. The number of methoxy groups -OCH3 is 1. The number of anilines is 1. The van der Waals surface area contributed by atoms with E-state index < -0.39 is 18.0 Å². The van der Waals surface area contributed by atoms with Gasteiger partial charge in [0, 0.05) is 5.02 Å². The summed E-state index contributed by atoms with van der Waals surface area (Å²) in [6.45, 7) is 5.21. The molecule has 1 N–H and O–H groups in total. The van der Waals surface area contributed by atoms with Gasteiger partial charge in [-0.05, 0) is 57.2 Å². The number of halogens is 1. The molecule has 1 heterocycles. The standard InChI is InChI=1S/C21H20ClN3O4/c1-11-12(2)24-17-9-14(5-7-16(17)23-11)21(27)29-13(3)20(26)25-18-10-15(22)6-8-19(18)28-4/h5-10,13H,1-4H3,(H,25,26)/t13-/m1/s1. The fourth-order valence-electron chi connectivity index (χ4n) is 2.65. The van der Waals surface area contributed by atoms with E-state index in [-0.39, 0.29) is 5.56 Å². The number of carbonyl (C=O) groups excluding carboxylic acids is 2. The summed E-state index contributed by atoms with van der Waals surface area (Å²) in [6.07, 6.45) is -1.03. The van der Waals surface area contributed by atoms with Gasteiger partial charge in [-0.15, -0.1) is 0 Å². The van der Waals surface area contributed by atoms with E-state index in [9.17, 15) is 9.59 Å². The van der Waals surface area contributed by atoms with Crippen LogP contribution < -0.4 is 10.1 Å². The highest BCUT2D eigenvalue weighted by molar-refractivity contribution is 6.31. The van der Waals surface area contributed by atoms with Crippen LogP contribution in [0.3, 0.4) is 0 Å². The molecule has 0 aliphatic heterocycles. The molecule has 1 aromatic heterocycles. The molecule has 1 atom stereocenters. The maximum absolute atomic E-state index is 12.5. The average molecular weight is 414 g/mol. The van der Waals surface area contributed by atoms with Crippen LogP contribution in [-0.4, -0.2) is 35.1 Å². The van der Waals surface area contributed by atoms with Gasteiger partial charge >= 0.3 is 5.97 Å². The van der Waals surface area contributed by atoms with Gasteiger partial charge < -0.3 is 14.8 Å². The highest BCUT2D eigenvalue weighted by Crippen LogP contribution is 2.28. The highest BCUT2D eigenvalue weighted by Gasteiger charge is 2.21. The van der Waals surface area contributed by atoms with E-state index in [1.165, 1.54) is 14.0 Å². The van der Waals surface area contributed by atoms with E-state index in [1.807, 2.05) is 13.8 Å². The molecule has 3 rings (SSSR count). The van der Waals surface area contributed by atoms with Crippen molar-refractivity contribution in [3.8, 4) is 5.75 Å². The van der Waals surface area contributed by atoms with Crippen molar-refractivity contribution in [1.82, 2.24) is 9.97 Å². The predicted molar refractivity (Wildman–Crippen MR) is 111 cm³/mol. The molecular weight excluding hydrogens is 394 g/mol. The number of amides is 1. The SMILES string of the molecule is COc1ccc(Cl)cc1NC(=O)[C@@H](C)OC(=O)c1ccc2nc(C)c(C)nc2c1. The summed E-state index contributed by atoms with van der Waals surface area (Å²) >= 11 is 5.97. The van der Waals surface area contributed by atoms with Gasteiger partial charge in [-0.25, -0.2) is 14.8 Å². The number of rotatable bonds is 5. The second-order valence-corrected chi connectivity index (χ2v) is 6.92. The maximum Gasteiger partial charge on any atom is 0.338 e. The lowest BCUT2D eigenvalue weighted by molar-refractivity contribution is -0.123. The fraction of sp³-hybridized carbons (Fsp3) is 0.238. The zero-order chi connectivity index (χ0) is 21.1. The smallest absolute Gasteiger partial charge is 0.338 e. The number of aromatic nitrogens is 2. The van der Waals surface area contributed by atoms with Crippen LogP contribution in [0.2, 0.25) is 5.02 Å². The summed E-state index contributed by atoms with van der Waals surface area (Å²) in [6, 6.07) is 9.73. The van der Waals surface area contributed by atoms with Crippen molar-refractivity contribution in [2.24, 2.45) is 0 Å². The molecule has 0 unspecified atom stereocenters. The molecule has 150 valence electrons. The molecule has 0 aliphatic carbocycles. The van der Waals surface area contributed by atoms with Gasteiger partial charge in [0.1, 0.15) is 5.75 Å². The second kappa shape index (κ2) is 8.45. The van der Waals surface area contributed by atoms with Gasteiger partial charge in [0.05, 0.1) is 40.8 Å². The first-order valence-electron chi connectivity index (χ1n) is 8.89. The van der Waals surface area contributed by atoms with Crippen LogP contribution >= 0.6 is 11.6 Å². The summed E-state index contributed by atoms with van der Waals surface area (Å²) in [4.78, 5) is 33.8. The number of carbonyl (C=O) groups is 2. The number of aryl methyl sites for hydroxylation is 2. The Balaban J connectivity index is 1.73. The molecule has 0 saturated carbocycles. The maximum atomic E-state index is 12.5. The summed E-state index contributed by atoms with van der Waals surface area (Å²) in [5.41, 5.74) is 3.56. The average Bonchev–Trinajstić information content (AvgIpc) is 2.68. The number of nitrogens with one attached hydrogen (secondary N) is 1. The normalized spacial score (nSPS) is 11.8. The molecule has 0 saturated heterocycles. The van der Waals surface area contributed by atoms with Crippen molar-refractivity contribution in [3.63, 3.8) is 0 Å². The lowest BCUT2D eigenvalue weighted by Gasteiger charge is -2.15. The van der Waals surface area contributed by atoms with E-state index in [1.54, 1.807) is 36.4 Å². The minimum absolute atomic E-state index is 0.287. The molecule has 0 fully saturated rings. The van der Waals surface area contributed by atoms with Crippen molar-refractivity contribution < 1.29 is 19.1 Å². The molecule has 0 spiro atoms. The number of fused-ring (bicyclic) bond motifs is 1. The fourth-order valence-corrected chi connectivity index (χ4v) is 2.82. The van der Waals surface area contributed by atoms with Crippen molar-refractivity contribution >= 4 is 40.2 Å². The molecule has 3 aromatic rings. The molecular formula is C21H20ClN3O4. The third kappa shape index (κ3) is 4.63. The molecule has 0 radical (unpaired) electrons. The van der Waals surface area contributed by atoms with Gasteiger partial charge in [-0.1, -0.05) is 11.6 Å². The summed E-state index contributed by atoms with van der Waals surface area (Å²) < 4.78 is 10.5. The minimum atomic E-state index is -1.03. The summed E-state index contributed by atoms with van der Waals surface area (Å²) in [7, 11) is 1.48. The van der Waals surface area contributed by atoms with Gasteiger partial charge in [0.15, 0.2) is 6.10 Å². The second-order valence-electron chi connectivity index (χ2n) is 6.48. The molecule has 2 aromatic carbocycles. The van der Waals surface area contributed by atoms with E-state index in [2.05, 4.69) is 15.3 Å². The Hall–Kier alpha value is -3.19. The van der Waals surface area contributed by atoms with Crippen LogP contribution in [0, 0.1) is 13.8 Å². The van der Waals surface area contributed by atoms with Gasteiger partial charge in [-0.2, -0.15) is 0 Å².